The lowest BCUT2D eigenvalue weighted by atomic mass is 9.74. The monoisotopic (exact) mass is 532 g/mol. The minimum absolute atomic E-state index is 0.0132. The number of nitrogens with zero attached hydrogens (tertiary/aromatic N) is 2. The molecule has 0 aromatic carbocycles. The van der Waals surface area contributed by atoms with Gasteiger partial charge in [-0.05, 0) is 83.8 Å². The summed E-state index contributed by atoms with van der Waals surface area (Å²) in [4.78, 5) is 18.1. The van der Waals surface area contributed by atoms with Gasteiger partial charge in [-0.25, -0.2) is 8.42 Å². The van der Waals surface area contributed by atoms with Crippen molar-refractivity contribution in [2.24, 2.45) is 23.7 Å². The number of alkyl halides is 1. The van der Waals surface area contributed by atoms with Gasteiger partial charge in [0.15, 0.2) is 0 Å². The SMILES string of the molecule is CC1CC(C)C(CNC(=O)C2CC(Cl)CC(N(C)C3CCN(CCS(C)(=O)=O)CC3)C2C)C(C)N1. The molecule has 204 valence electrons. The summed E-state index contributed by atoms with van der Waals surface area (Å²) in [6.45, 7) is 12.2. The van der Waals surface area contributed by atoms with Gasteiger partial charge in [0.25, 0.3) is 0 Å². The number of likely N-dealkylation sites (tertiary alicyclic amines) is 1. The standard InChI is InChI=1S/C26H49ClN4O3S/c1-17-13-18(2)29-20(4)24(17)16-28-26(32)23-14-21(27)15-25(19(23)3)30(5)22-7-9-31(10-8-22)11-12-35(6,33)34/h17-25,29H,7-16H2,1-6H3,(H,28,32). The second kappa shape index (κ2) is 12.4. The van der Waals surface area contributed by atoms with E-state index in [9.17, 15) is 13.2 Å². The van der Waals surface area contributed by atoms with Crippen molar-refractivity contribution in [3.63, 3.8) is 0 Å². The number of carbonyl (C=O) groups excluding carboxylic acids is 1. The zero-order valence-corrected chi connectivity index (χ0v) is 24.2. The Hall–Kier alpha value is -0.410. The third-order valence-corrected chi connectivity index (χ3v) is 10.5. The first-order valence-electron chi connectivity index (χ1n) is 13.7. The van der Waals surface area contributed by atoms with Crippen LogP contribution in [0.15, 0.2) is 0 Å². The Morgan fingerprint density at radius 3 is 2.37 bits per heavy atom. The highest BCUT2D eigenvalue weighted by atomic mass is 35.5. The van der Waals surface area contributed by atoms with Crippen LogP contribution in [-0.4, -0.2) is 98.9 Å². The van der Waals surface area contributed by atoms with E-state index in [4.69, 9.17) is 11.6 Å². The fourth-order valence-electron chi connectivity index (χ4n) is 6.92. The molecule has 1 aliphatic carbocycles. The topological polar surface area (TPSA) is 81.8 Å². The molecule has 2 aliphatic heterocycles. The van der Waals surface area contributed by atoms with Crippen molar-refractivity contribution in [1.29, 1.82) is 0 Å². The molecule has 35 heavy (non-hydrogen) atoms. The smallest absolute Gasteiger partial charge is 0.223 e. The summed E-state index contributed by atoms with van der Waals surface area (Å²) < 4.78 is 23.0. The Morgan fingerprint density at radius 2 is 1.77 bits per heavy atom. The Kier molecular flexibility index (Phi) is 10.3. The molecule has 0 spiro atoms. The van der Waals surface area contributed by atoms with E-state index in [1.54, 1.807) is 0 Å². The van der Waals surface area contributed by atoms with Crippen molar-refractivity contribution >= 4 is 27.3 Å². The van der Waals surface area contributed by atoms with Crippen molar-refractivity contribution < 1.29 is 13.2 Å². The van der Waals surface area contributed by atoms with Gasteiger partial charge in [0.1, 0.15) is 9.84 Å². The van der Waals surface area contributed by atoms with Gasteiger partial charge in [-0.15, -0.1) is 11.6 Å². The summed E-state index contributed by atoms with van der Waals surface area (Å²) in [6.07, 6.45) is 6.16. The van der Waals surface area contributed by atoms with Crippen LogP contribution in [0.5, 0.6) is 0 Å². The number of amides is 1. The maximum Gasteiger partial charge on any atom is 0.223 e. The van der Waals surface area contributed by atoms with Gasteiger partial charge in [-0.2, -0.15) is 0 Å². The highest BCUT2D eigenvalue weighted by Crippen LogP contribution is 2.37. The average molecular weight is 533 g/mol. The maximum atomic E-state index is 13.4. The minimum atomic E-state index is -2.93. The molecule has 3 rings (SSSR count). The molecule has 2 saturated heterocycles. The number of nitrogens with one attached hydrogen (secondary N) is 2. The number of piperidine rings is 2. The van der Waals surface area contributed by atoms with Crippen molar-refractivity contribution in [1.82, 2.24) is 20.4 Å². The highest BCUT2D eigenvalue weighted by Gasteiger charge is 2.42. The van der Waals surface area contributed by atoms with Crippen LogP contribution in [-0.2, 0) is 14.6 Å². The van der Waals surface area contributed by atoms with Gasteiger partial charge in [0, 0.05) is 54.8 Å². The summed E-state index contributed by atoms with van der Waals surface area (Å²) >= 11 is 6.74. The van der Waals surface area contributed by atoms with Crippen molar-refractivity contribution in [2.75, 3.05) is 45.2 Å². The predicted molar refractivity (Wildman–Crippen MR) is 145 cm³/mol. The summed E-state index contributed by atoms with van der Waals surface area (Å²) in [6, 6.07) is 1.66. The molecule has 0 radical (unpaired) electrons. The average Bonchev–Trinajstić information content (AvgIpc) is 2.77. The van der Waals surface area contributed by atoms with E-state index in [0.717, 1.165) is 51.7 Å². The van der Waals surface area contributed by atoms with Crippen molar-refractivity contribution in [3.8, 4) is 0 Å². The number of rotatable bonds is 8. The second-order valence-electron chi connectivity index (χ2n) is 11.9. The first-order valence-corrected chi connectivity index (χ1v) is 16.1. The summed E-state index contributed by atoms with van der Waals surface area (Å²) in [5.41, 5.74) is 0. The van der Waals surface area contributed by atoms with Crippen LogP contribution in [0, 0.1) is 23.7 Å². The van der Waals surface area contributed by atoms with E-state index in [2.05, 4.69) is 55.2 Å². The van der Waals surface area contributed by atoms with E-state index in [-0.39, 0.29) is 34.9 Å². The van der Waals surface area contributed by atoms with Crippen LogP contribution in [0.2, 0.25) is 0 Å². The molecule has 8 atom stereocenters. The van der Waals surface area contributed by atoms with Gasteiger partial charge in [-0.3, -0.25) is 4.79 Å². The Morgan fingerprint density at radius 1 is 1.11 bits per heavy atom. The molecule has 2 heterocycles. The zero-order chi connectivity index (χ0) is 25.9. The number of hydrogen-bond donors (Lipinski definition) is 2. The van der Waals surface area contributed by atoms with Crippen molar-refractivity contribution in [3.05, 3.63) is 0 Å². The quantitative estimate of drug-likeness (QED) is 0.468. The molecule has 0 aromatic rings. The third kappa shape index (κ3) is 8.03. The van der Waals surface area contributed by atoms with Crippen LogP contribution < -0.4 is 10.6 Å². The first-order chi connectivity index (χ1) is 16.4. The minimum Gasteiger partial charge on any atom is -0.356 e. The maximum absolute atomic E-state index is 13.4. The van der Waals surface area contributed by atoms with Gasteiger partial charge < -0.3 is 20.4 Å². The molecule has 9 heteroatoms. The summed E-state index contributed by atoms with van der Waals surface area (Å²) in [5.74, 6) is 1.62. The molecule has 3 aliphatic rings. The normalized spacial score (nSPS) is 37.9. The van der Waals surface area contributed by atoms with Crippen molar-refractivity contribution in [2.45, 2.75) is 89.3 Å². The summed E-state index contributed by atoms with van der Waals surface area (Å²) in [7, 11) is -0.733. The lowest BCUT2D eigenvalue weighted by Crippen LogP contribution is -2.56. The van der Waals surface area contributed by atoms with E-state index in [0.29, 0.717) is 36.5 Å². The highest BCUT2D eigenvalue weighted by molar-refractivity contribution is 7.90. The fraction of sp³-hybridized carbons (Fsp3) is 0.962. The van der Waals surface area contributed by atoms with Gasteiger partial charge in [-0.1, -0.05) is 13.8 Å². The number of hydrogen-bond acceptors (Lipinski definition) is 6. The molecule has 1 amide bonds. The first kappa shape index (κ1) is 29.2. The van der Waals surface area contributed by atoms with Crippen LogP contribution >= 0.6 is 11.6 Å². The number of sulfone groups is 1. The van der Waals surface area contributed by atoms with Crippen LogP contribution in [0.25, 0.3) is 0 Å². The Balaban J connectivity index is 1.53. The van der Waals surface area contributed by atoms with Gasteiger partial charge >= 0.3 is 0 Å². The second-order valence-corrected chi connectivity index (χ2v) is 14.8. The lowest BCUT2D eigenvalue weighted by Gasteiger charge is -2.47. The predicted octanol–water partition coefficient (Wildman–Crippen LogP) is 2.59. The molecule has 1 saturated carbocycles. The zero-order valence-electron chi connectivity index (χ0n) is 22.7. The van der Waals surface area contributed by atoms with Crippen LogP contribution in [0.3, 0.4) is 0 Å². The largest absolute Gasteiger partial charge is 0.356 e. The molecule has 0 aromatic heterocycles. The summed E-state index contributed by atoms with van der Waals surface area (Å²) in [5, 5.41) is 6.96. The van der Waals surface area contributed by atoms with E-state index in [1.807, 2.05) is 0 Å². The molecule has 2 N–H and O–H groups in total. The lowest BCUT2D eigenvalue weighted by molar-refractivity contribution is -0.129. The fourth-order valence-corrected chi connectivity index (χ4v) is 7.89. The van der Waals surface area contributed by atoms with Gasteiger partial charge in [0.05, 0.1) is 5.75 Å². The Labute approximate surface area is 219 Å². The molecular weight excluding hydrogens is 484 g/mol. The number of carbonyl (C=O) groups is 1. The van der Waals surface area contributed by atoms with E-state index in [1.165, 1.54) is 6.26 Å². The third-order valence-electron chi connectivity index (χ3n) is 9.18. The van der Waals surface area contributed by atoms with Crippen LogP contribution in [0.4, 0.5) is 0 Å². The molecule has 3 fully saturated rings. The molecule has 0 bridgehead atoms. The number of halogens is 1. The van der Waals surface area contributed by atoms with Gasteiger partial charge in [0.2, 0.25) is 5.91 Å². The Bertz CT molecular complexity index is 792. The van der Waals surface area contributed by atoms with E-state index < -0.39 is 9.84 Å². The molecule has 7 nitrogen and oxygen atoms in total. The molecular formula is C26H49ClN4O3S. The van der Waals surface area contributed by atoms with E-state index >= 15 is 0 Å². The molecule has 8 unspecified atom stereocenters. The van der Waals surface area contributed by atoms with Crippen LogP contribution in [0.1, 0.15) is 59.8 Å².